The highest BCUT2D eigenvalue weighted by molar-refractivity contribution is 5.14. The summed E-state index contributed by atoms with van der Waals surface area (Å²) in [5, 5.41) is 3.49. The number of piperidine rings is 1. The number of hydrogen-bond acceptors (Lipinski definition) is 1. The Morgan fingerprint density at radius 1 is 1.42 bits per heavy atom. The third kappa shape index (κ3) is 2.34. The van der Waals surface area contributed by atoms with E-state index in [1.807, 2.05) is 0 Å². The van der Waals surface area contributed by atoms with Crippen LogP contribution in [0.25, 0.3) is 0 Å². The van der Waals surface area contributed by atoms with E-state index < -0.39 is 0 Å². The Morgan fingerprint density at radius 2 is 2.08 bits per heavy atom. The molecule has 1 rings (SSSR count). The van der Waals surface area contributed by atoms with Gasteiger partial charge in [-0.05, 0) is 38.6 Å². The summed E-state index contributed by atoms with van der Waals surface area (Å²) in [4.78, 5) is 0. The van der Waals surface area contributed by atoms with E-state index in [9.17, 15) is 0 Å². The Balaban J connectivity index is 2.58. The van der Waals surface area contributed by atoms with E-state index in [1.165, 1.54) is 18.5 Å². The summed E-state index contributed by atoms with van der Waals surface area (Å²) in [5.41, 5.74) is 3.13. The van der Waals surface area contributed by atoms with Crippen LogP contribution in [0.4, 0.5) is 0 Å². The summed E-state index contributed by atoms with van der Waals surface area (Å²) in [6.07, 6.45) is 1.31. The topological polar surface area (TPSA) is 12.0 Å². The molecule has 0 aliphatic carbocycles. The van der Waals surface area contributed by atoms with Crippen LogP contribution in [0.5, 0.6) is 0 Å². The highest BCUT2D eigenvalue weighted by Crippen LogP contribution is 2.24. The number of hydrogen-bond donors (Lipinski definition) is 1. The second-order valence-corrected chi connectivity index (χ2v) is 4.44. The molecule has 0 bridgehead atoms. The highest BCUT2D eigenvalue weighted by Gasteiger charge is 2.19. The minimum atomic E-state index is 0.812. The third-order valence-electron chi connectivity index (χ3n) is 2.90. The molecule has 1 heteroatoms. The van der Waals surface area contributed by atoms with Crippen LogP contribution in [0.1, 0.15) is 34.1 Å². The van der Waals surface area contributed by atoms with E-state index in [0.717, 1.165) is 18.4 Å². The van der Waals surface area contributed by atoms with E-state index in [2.05, 4.69) is 33.0 Å². The smallest absolute Gasteiger partial charge is 0.0167 e. The zero-order valence-corrected chi connectivity index (χ0v) is 8.78. The van der Waals surface area contributed by atoms with E-state index in [-0.39, 0.29) is 0 Å². The molecule has 1 aliphatic heterocycles. The van der Waals surface area contributed by atoms with Crippen LogP contribution in [0.2, 0.25) is 0 Å². The second-order valence-electron chi connectivity index (χ2n) is 4.44. The molecule has 0 saturated carbocycles. The normalized spacial score (nSPS) is 24.8. The van der Waals surface area contributed by atoms with Gasteiger partial charge in [-0.2, -0.15) is 0 Å². The van der Waals surface area contributed by atoms with Crippen LogP contribution in [-0.2, 0) is 0 Å². The SMILES string of the molecule is CC(C)=C1CNCC(C(C)C)C1. The molecule has 1 fully saturated rings. The van der Waals surface area contributed by atoms with Crippen molar-refractivity contribution in [3.8, 4) is 0 Å². The lowest BCUT2D eigenvalue weighted by Gasteiger charge is -2.29. The maximum absolute atomic E-state index is 3.49. The predicted octanol–water partition coefficient (Wildman–Crippen LogP) is 2.59. The monoisotopic (exact) mass is 167 g/mol. The Morgan fingerprint density at radius 3 is 2.58 bits per heavy atom. The Kier molecular flexibility index (Phi) is 3.33. The number of nitrogens with one attached hydrogen (secondary N) is 1. The van der Waals surface area contributed by atoms with Crippen molar-refractivity contribution in [2.45, 2.75) is 34.1 Å². The third-order valence-corrected chi connectivity index (χ3v) is 2.90. The zero-order valence-electron chi connectivity index (χ0n) is 8.78. The summed E-state index contributed by atoms with van der Waals surface area (Å²) in [6, 6.07) is 0. The average Bonchev–Trinajstić information content (AvgIpc) is 2.04. The highest BCUT2D eigenvalue weighted by atomic mass is 14.9. The fourth-order valence-corrected chi connectivity index (χ4v) is 1.72. The molecule has 0 spiro atoms. The van der Waals surface area contributed by atoms with Crippen molar-refractivity contribution < 1.29 is 0 Å². The molecule has 1 unspecified atom stereocenters. The van der Waals surface area contributed by atoms with E-state index in [4.69, 9.17) is 0 Å². The molecule has 0 aromatic heterocycles. The summed E-state index contributed by atoms with van der Waals surface area (Å²) in [7, 11) is 0. The van der Waals surface area contributed by atoms with Crippen LogP contribution < -0.4 is 5.32 Å². The predicted molar refractivity (Wildman–Crippen MR) is 54.2 cm³/mol. The lowest BCUT2D eigenvalue weighted by atomic mass is 9.85. The Hall–Kier alpha value is -0.300. The van der Waals surface area contributed by atoms with Gasteiger partial charge in [-0.3, -0.25) is 0 Å². The Bertz CT molecular complexity index is 175. The van der Waals surface area contributed by atoms with Crippen LogP contribution >= 0.6 is 0 Å². The second kappa shape index (κ2) is 4.08. The first kappa shape index (κ1) is 9.79. The van der Waals surface area contributed by atoms with E-state index in [0.29, 0.717) is 0 Å². The summed E-state index contributed by atoms with van der Waals surface area (Å²) in [6.45, 7) is 11.4. The summed E-state index contributed by atoms with van der Waals surface area (Å²) < 4.78 is 0. The van der Waals surface area contributed by atoms with Gasteiger partial charge < -0.3 is 5.32 Å². The van der Waals surface area contributed by atoms with E-state index >= 15 is 0 Å². The van der Waals surface area contributed by atoms with E-state index in [1.54, 1.807) is 5.57 Å². The molecule has 0 aromatic carbocycles. The van der Waals surface area contributed by atoms with Gasteiger partial charge in [0, 0.05) is 6.54 Å². The van der Waals surface area contributed by atoms with Crippen LogP contribution in [0.15, 0.2) is 11.1 Å². The molecule has 0 amide bonds. The molecule has 12 heavy (non-hydrogen) atoms. The van der Waals surface area contributed by atoms with Crippen molar-refractivity contribution in [1.29, 1.82) is 0 Å². The average molecular weight is 167 g/mol. The van der Waals surface area contributed by atoms with Crippen molar-refractivity contribution in [3.63, 3.8) is 0 Å². The maximum atomic E-state index is 3.49. The molecule has 70 valence electrons. The summed E-state index contributed by atoms with van der Waals surface area (Å²) >= 11 is 0. The molecule has 1 nitrogen and oxygen atoms in total. The van der Waals surface area contributed by atoms with Crippen molar-refractivity contribution in [3.05, 3.63) is 11.1 Å². The first-order chi connectivity index (χ1) is 5.61. The van der Waals surface area contributed by atoms with Gasteiger partial charge in [-0.25, -0.2) is 0 Å². The molecule has 0 aromatic rings. The molecule has 1 N–H and O–H groups in total. The van der Waals surface area contributed by atoms with Crippen molar-refractivity contribution >= 4 is 0 Å². The molecule has 1 heterocycles. The van der Waals surface area contributed by atoms with Crippen LogP contribution in [0, 0.1) is 11.8 Å². The van der Waals surface area contributed by atoms with Gasteiger partial charge in [-0.1, -0.05) is 25.0 Å². The van der Waals surface area contributed by atoms with Crippen LogP contribution in [0.3, 0.4) is 0 Å². The van der Waals surface area contributed by atoms with Gasteiger partial charge >= 0.3 is 0 Å². The van der Waals surface area contributed by atoms with Crippen molar-refractivity contribution in [2.24, 2.45) is 11.8 Å². The molecular weight excluding hydrogens is 146 g/mol. The molecule has 1 atom stereocenters. The minimum Gasteiger partial charge on any atom is -0.313 e. The molecule has 1 aliphatic rings. The number of rotatable bonds is 1. The maximum Gasteiger partial charge on any atom is 0.0167 e. The van der Waals surface area contributed by atoms with Crippen LogP contribution in [-0.4, -0.2) is 13.1 Å². The van der Waals surface area contributed by atoms with Gasteiger partial charge in [0.2, 0.25) is 0 Å². The van der Waals surface area contributed by atoms with Gasteiger partial charge in [-0.15, -0.1) is 0 Å². The standard InChI is InChI=1S/C11H21N/c1-8(2)10-5-11(9(3)4)7-12-6-10/h8,10,12H,5-7H2,1-4H3. The van der Waals surface area contributed by atoms with Crippen molar-refractivity contribution in [1.82, 2.24) is 5.32 Å². The lowest BCUT2D eigenvalue weighted by molar-refractivity contribution is 0.335. The number of allylic oxidation sites excluding steroid dienone is 1. The van der Waals surface area contributed by atoms with Gasteiger partial charge in [0.25, 0.3) is 0 Å². The molecular formula is C11H21N. The quantitative estimate of drug-likeness (QED) is 0.592. The Labute approximate surface area is 76.2 Å². The first-order valence-electron chi connectivity index (χ1n) is 4.97. The fourth-order valence-electron chi connectivity index (χ4n) is 1.72. The largest absolute Gasteiger partial charge is 0.313 e. The van der Waals surface area contributed by atoms with Crippen molar-refractivity contribution in [2.75, 3.05) is 13.1 Å². The van der Waals surface area contributed by atoms with Gasteiger partial charge in [0.05, 0.1) is 0 Å². The molecule has 1 saturated heterocycles. The summed E-state index contributed by atoms with van der Waals surface area (Å²) in [5.74, 6) is 1.66. The molecule has 0 radical (unpaired) electrons. The minimum absolute atomic E-state index is 0.812. The van der Waals surface area contributed by atoms with Gasteiger partial charge in [0.15, 0.2) is 0 Å². The fraction of sp³-hybridized carbons (Fsp3) is 0.818. The first-order valence-corrected chi connectivity index (χ1v) is 4.97. The van der Waals surface area contributed by atoms with Gasteiger partial charge in [0.1, 0.15) is 0 Å². The zero-order chi connectivity index (χ0) is 9.14. The lowest BCUT2D eigenvalue weighted by Crippen LogP contribution is -2.34.